The molecule has 0 atom stereocenters. The fourth-order valence-electron chi connectivity index (χ4n) is 2.83. The lowest BCUT2D eigenvalue weighted by Gasteiger charge is -2.13. The summed E-state index contributed by atoms with van der Waals surface area (Å²) in [6.45, 7) is 2.28. The molecule has 1 heterocycles. The molecular formula is C22H20F3N3O3. The van der Waals surface area contributed by atoms with Crippen LogP contribution < -0.4 is 5.32 Å². The Kier molecular flexibility index (Phi) is 6.74. The molecule has 1 aromatic heterocycles. The molecular weight excluding hydrogens is 411 g/mol. The predicted molar refractivity (Wildman–Crippen MR) is 108 cm³/mol. The van der Waals surface area contributed by atoms with Crippen LogP contribution in [0.25, 0.3) is 5.69 Å². The monoisotopic (exact) mass is 431 g/mol. The Morgan fingerprint density at radius 1 is 1.06 bits per heavy atom. The standard InChI is InChI=1S/C22H20F3N3O3/c1-2-3-13-31-21(30)15-9-11-16(12-10-15)27-20(29)18-14-26-28(19(18)22(23,24)25)17-7-5-4-6-8-17/h4-12,14H,2-3,13H2,1H3,(H,27,29). The zero-order valence-electron chi connectivity index (χ0n) is 16.6. The van der Waals surface area contributed by atoms with E-state index in [1.807, 2.05) is 6.92 Å². The van der Waals surface area contributed by atoms with Gasteiger partial charge in [0.05, 0.1) is 29.6 Å². The molecule has 0 unspecified atom stereocenters. The smallest absolute Gasteiger partial charge is 0.434 e. The number of carbonyl (C=O) groups is 2. The van der Waals surface area contributed by atoms with Crippen molar-refractivity contribution in [1.82, 2.24) is 9.78 Å². The van der Waals surface area contributed by atoms with Gasteiger partial charge < -0.3 is 10.1 Å². The minimum atomic E-state index is -4.80. The van der Waals surface area contributed by atoms with Gasteiger partial charge in [-0.15, -0.1) is 0 Å². The minimum Gasteiger partial charge on any atom is -0.462 e. The number of halogens is 3. The van der Waals surface area contributed by atoms with E-state index >= 15 is 0 Å². The van der Waals surface area contributed by atoms with E-state index in [0.717, 1.165) is 19.0 Å². The van der Waals surface area contributed by atoms with Crippen LogP contribution in [0.3, 0.4) is 0 Å². The average molecular weight is 431 g/mol. The van der Waals surface area contributed by atoms with E-state index in [1.165, 1.54) is 36.4 Å². The maximum Gasteiger partial charge on any atom is 0.434 e. The SMILES string of the molecule is CCCCOC(=O)c1ccc(NC(=O)c2cnn(-c3ccccc3)c2C(F)(F)F)cc1. The van der Waals surface area contributed by atoms with Crippen LogP contribution in [0.2, 0.25) is 0 Å². The maximum absolute atomic E-state index is 13.7. The molecule has 1 amide bonds. The highest BCUT2D eigenvalue weighted by Gasteiger charge is 2.40. The molecule has 9 heteroatoms. The summed E-state index contributed by atoms with van der Waals surface area (Å²) in [6, 6.07) is 13.4. The Balaban J connectivity index is 1.79. The summed E-state index contributed by atoms with van der Waals surface area (Å²) in [6.07, 6.45) is -2.28. The molecule has 0 aliphatic heterocycles. The number of esters is 1. The van der Waals surface area contributed by atoms with Crippen LogP contribution in [0.1, 0.15) is 46.2 Å². The van der Waals surface area contributed by atoms with Gasteiger partial charge in [0.15, 0.2) is 5.69 Å². The lowest BCUT2D eigenvalue weighted by Crippen LogP contribution is -2.20. The van der Waals surface area contributed by atoms with E-state index in [0.29, 0.717) is 11.3 Å². The number of alkyl halides is 3. The van der Waals surface area contributed by atoms with Crippen LogP contribution in [0.15, 0.2) is 60.8 Å². The molecule has 0 spiro atoms. The van der Waals surface area contributed by atoms with Crippen molar-refractivity contribution in [1.29, 1.82) is 0 Å². The molecule has 0 bridgehead atoms. The quantitative estimate of drug-likeness (QED) is 0.417. The largest absolute Gasteiger partial charge is 0.462 e. The number of rotatable bonds is 7. The number of nitrogens with one attached hydrogen (secondary N) is 1. The Labute approximate surface area is 176 Å². The molecule has 0 aliphatic rings. The first-order valence-electron chi connectivity index (χ1n) is 9.60. The van der Waals surface area contributed by atoms with Crippen molar-refractivity contribution in [2.75, 3.05) is 11.9 Å². The minimum absolute atomic E-state index is 0.180. The van der Waals surface area contributed by atoms with E-state index in [-0.39, 0.29) is 16.9 Å². The fraction of sp³-hybridized carbons (Fsp3) is 0.227. The zero-order chi connectivity index (χ0) is 22.4. The molecule has 0 saturated heterocycles. The number of ether oxygens (including phenoxy) is 1. The summed E-state index contributed by atoms with van der Waals surface area (Å²) in [5.41, 5.74) is -1.09. The number of para-hydroxylation sites is 1. The molecule has 31 heavy (non-hydrogen) atoms. The number of amides is 1. The van der Waals surface area contributed by atoms with Crippen molar-refractivity contribution >= 4 is 17.6 Å². The lowest BCUT2D eigenvalue weighted by molar-refractivity contribution is -0.143. The Hall–Kier alpha value is -3.62. The number of anilines is 1. The third-order valence-corrected chi connectivity index (χ3v) is 4.39. The van der Waals surface area contributed by atoms with E-state index in [1.54, 1.807) is 18.2 Å². The molecule has 0 radical (unpaired) electrons. The van der Waals surface area contributed by atoms with Gasteiger partial charge in [-0.1, -0.05) is 31.5 Å². The molecule has 162 valence electrons. The number of hydrogen-bond donors (Lipinski definition) is 1. The summed E-state index contributed by atoms with van der Waals surface area (Å²) in [4.78, 5) is 24.5. The van der Waals surface area contributed by atoms with Crippen molar-refractivity contribution in [3.8, 4) is 5.69 Å². The molecule has 6 nitrogen and oxygen atoms in total. The number of carbonyl (C=O) groups excluding carboxylic acids is 2. The molecule has 0 saturated carbocycles. The molecule has 3 aromatic rings. The number of nitrogens with zero attached hydrogens (tertiary/aromatic N) is 2. The zero-order valence-corrected chi connectivity index (χ0v) is 16.6. The van der Waals surface area contributed by atoms with Crippen LogP contribution in [0.4, 0.5) is 18.9 Å². The van der Waals surface area contributed by atoms with Gasteiger partial charge >= 0.3 is 12.1 Å². The van der Waals surface area contributed by atoms with Crippen molar-refractivity contribution in [2.45, 2.75) is 25.9 Å². The summed E-state index contributed by atoms with van der Waals surface area (Å²) in [5.74, 6) is -1.47. The van der Waals surface area contributed by atoms with E-state index < -0.39 is 29.3 Å². The molecule has 3 rings (SSSR count). The van der Waals surface area contributed by atoms with Gasteiger partial charge in [0, 0.05) is 5.69 Å². The second kappa shape index (κ2) is 9.46. The van der Waals surface area contributed by atoms with Crippen LogP contribution in [-0.4, -0.2) is 28.3 Å². The number of aromatic nitrogens is 2. The summed E-state index contributed by atoms with van der Waals surface area (Å²) >= 11 is 0. The van der Waals surface area contributed by atoms with Gasteiger partial charge in [0.1, 0.15) is 0 Å². The predicted octanol–water partition coefficient (Wildman–Crippen LogP) is 5.10. The van der Waals surface area contributed by atoms with Crippen molar-refractivity contribution in [3.63, 3.8) is 0 Å². The first-order valence-corrected chi connectivity index (χ1v) is 9.60. The first kappa shape index (κ1) is 22.1. The van der Waals surface area contributed by atoms with Crippen LogP contribution >= 0.6 is 0 Å². The highest BCUT2D eigenvalue weighted by Crippen LogP contribution is 2.34. The molecule has 2 aromatic carbocycles. The number of benzene rings is 2. The Morgan fingerprint density at radius 3 is 2.35 bits per heavy atom. The first-order chi connectivity index (χ1) is 14.8. The van der Waals surface area contributed by atoms with Gasteiger partial charge in [0.25, 0.3) is 5.91 Å². The van der Waals surface area contributed by atoms with Gasteiger partial charge in [-0.3, -0.25) is 4.79 Å². The third-order valence-electron chi connectivity index (χ3n) is 4.39. The number of hydrogen-bond acceptors (Lipinski definition) is 4. The van der Waals surface area contributed by atoms with Gasteiger partial charge in [-0.25, -0.2) is 9.48 Å². The van der Waals surface area contributed by atoms with E-state index in [2.05, 4.69) is 10.4 Å². The topological polar surface area (TPSA) is 73.2 Å². The number of unbranched alkanes of at least 4 members (excludes halogenated alkanes) is 1. The average Bonchev–Trinajstić information content (AvgIpc) is 3.21. The molecule has 0 fully saturated rings. The maximum atomic E-state index is 13.7. The fourth-order valence-corrected chi connectivity index (χ4v) is 2.83. The summed E-state index contributed by atoms with van der Waals surface area (Å²) in [5, 5.41) is 6.17. The van der Waals surface area contributed by atoms with E-state index in [4.69, 9.17) is 4.74 Å². The van der Waals surface area contributed by atoms with Crippen molar-refractivity contribution in [2.24, 2.45) is 0 Å². The van der Waals surface area contributed by atoms with Crippen LogP contribution in [0, 0.1) is 0 Å². The van der Waals surface area contributed by atoms with Crippen molar-refractivity contribution < 1.29 is 27.5 Å². The normalized spacial score (nSPS) is 11.2. The molecule has 1 N–H and O–H groups in total. The van der Waals surface area contributed by atoms with Gasteiger partial charge in [-0.2, -0.15) is 18.3 Å². The molecule has 0 aliphatic carbocycles. The van der Waals surface area contributed by atoms with E-state index in [9.17, 15) is 22.8 Å². The highest BCUT2D eigenvalue weighted by molar-refractivity contribution is 6.05. The second-order valence-corrected chi connectivity index (χ2v) is 6.67. The van der Waals surface area contributed by atoms with Crippen LogP contribution in [-0.2, 0) is 10.9 Å². The summed E-state index contributed by atoms with van der Waals surface area (Å²) in [7, 11) is 0. The van der Waals surface area contributed by atoms with Gasteiger partial charge in [0.2, 0.25) is 0 Å². The second-order valence-electron chi connectivity index (χ2n) is 6.67. The third kappa shape index (κ3) is 5.30. The summed E-state index contributed by atoms with van der Waals surface area (Å²) < 4.78 is 46.9. The highest BCUT2D eigenvalue weighted by atomic mass is 19.4. The Morgan fingerprint density at radius 2 is 1.74 bits per heavy atom. The van der Waals surface area contributed by atoms with Crippen LogP contribution in [0.5, 0.6) is 0 Å². The lowest BCUT2D eigenvalue weighted by atomic mass is 10.2. The van der Waals surface area contributed by atoms with Gasteiger partial charge in [-0.05, 0) is 42.8 Å². The Bertz CT molecular complexity index is 1050. The van der Waals surface area contributed by atoms with Crippen molar-refractivity contribution in [3.05, 3.63) is 77.6 Å².